The molecule has 0 unspecified atom stereocenters. The summed E-state index contributed by atoms with van der Waals surface area (Å²) in [5.74, 6) is -1.15. The fourth-order valence-electron chi connectivity index (χ4n) is 2.92. The van der Waals surface area contributed by atoms with Crippen LogP contribution in [0.5, 0.6) is 5.75 Å². The number of thiophene rings is 1. The van der Waals surface area contributed by atoms with Crippen LogP contribution in [0.15, 0.2) is 53.9 Å². The summed E-state index contributed by atoms with van der Waals surface area (Å²) in [5, 5.41) is 15.8. The van der Waals surface area contributed by atoms with E-state index in [0.717, 1.165) is 12.0 Å². The minimum atomic E-state index is -0.585. The van der Waals surface area contributed by atoms with Crippen molar-refractivity contribution in [2.45, 2.75) is 13.3 Å². The molecule has 1 aromatic heterocycles. The van der Waals surface area contributed by atoms with Crippen molar-refractivity contribution in [3.8, 4) is 16.9 Å². The molecule has 31 heavy (non-hydrogen) atoms. The van der Waals surface area contributed by atoms with E-state index >= 15 is 0 Å². The fraction of sp³-hybridized carbons (Fsp3) is 0.182. The molecule has 0 atom stereocenters. The first-order valence-electron chi connectivity index (χ1n) is 9.39. The van der Waals surface area contributed by atoms with E-state index in [4.69, 9.17) is 9.47 Å². The van der Waals surface area contributed by atoms with Crippen molar-refractivity contribution in [2.24, 2.45) is 0 Å². The van der Waals surface area contributed by atoms with Gasteiger partial charge in [0.15, 0.2) is 12.4 Å². The Morgan fingerprint density at radius 1 is 1.13 bits per heavy atom. The Morgan fingerprint density at radius 2 is 1.84 bits per heavy atom. The van der Waals surface area contributed by atoms with Crippen LogP contribution in [0.25, 0.3) is 11.1 Å². The average molecular weight is 440 g/mol. The smallest absolute Gasteiger partial charge is 0.341 e. The van der Waals surface area contributed by atoms with Gasteiger partial charge in [-0.3, -0.25) is 14.9 Å². The highest BCUT2D eigenvalue weighted by Gasteiger charge is 2.23. The van der Waals surface area contributed by atoms with Gasteiger partial charge in [-0.25, -0.2) is 4.79 Å². The number of hydrogen-bond donors (Lipinski definition) is 1. The van der Waals surface area contributed by atoms with E-state index in [2.05, 4.69) is 12.2 Å². The zero-order chi connectivity index (χ0) is 22.4. The Balaban J connectivity index is 1.79. The SMILES string of the molecule is CCc1ccc(-c2csc(NC(=O)COc3ccccc3[N+](=O)[O-])c2C(=O)OC)cc1. The third kappa shape index (κ3) is 5.07. The largest absolute Gasteiger partial charge is 0.477 e. The van der Waals surface area contributed by atoms with Gasteiger partial charge in [-0.2, -0.15) is 0 Å². The summed E-state index contributed by atoms with van der Waals surface area (Å²) in [6, 6.07) is 13.6. The number of carbonyl (C=O) groups excluding carboxylic acids is 2. The molecule has 0 radical (unpaired) electrons. The maximum Gasteiger partial charge on any atom is 0.341 e. The standard InChI is InChI=1S/C22H20N2O6S/c1-3-14-8-10-15(11-9-14)16-13-31-21(20(16)22(26)29-2)23-19(25)12-30-18-7-5-4-6-17(18)24(27)28/h4-11,13H,3,12H2,1-2H3,(H,23,25). The monoisotopic (exact) mass is 440 g/mol. The molecule has 0 fully saturated rings. The average Bonchev–Trinajstić information content (AvgIpc) is 3.20. The van der Waals surface area contributed by atoms with Crippen LogP contribution >= 0.6 is 11.3 Å². The highest BCUT2D eigenvalue weighted by Crippen LogP contribution is 2.36. The van der Waals surface area contributed by atoms with Crippen molar-refractivity contribution in [3.05, 3.63) is 75.2 Å². The van der Waals surface area contributed by atoms with Crippen molar-refractivity contribution >= 4 is 33.9 Å². The Morgan fingerprint density at radius 3 is 2.48 bits per heavy atom. The van der Waals surface area contributed by atoms with Crippen LogP contribution in [-0.2, 0) is 16.0 Å². The molecule has 2 aromatic carbocycles. The van der Waals surface area contributed by atoms with Crippen LogP contribution in [-0.4, -0.2) is 30.5 Å². The molecule has 3 rings (SSSR count). The number of nitrogens with one attached hydrogen (secondary N) is 1. The van der Waals surface area contributed by atoms with E-state index in [1.165, 1.54) is 42.2 Å². The fourth-order valence-corrected chi connectivity index (χ4v) is 3.90. The van der Waals surface area contributed by atoms with E-state index in [9.17, 15) is 19.7 Å². The molecule has 0 aliphatic rings. The summed E-state index contributed by atoms with van der Waals surface area (Å²) >= 11 is 1.19. The number of methoxy groups -OCH3 is 1. The Hall–Kier alpha value is -3.72. The molecule has 3 aromatic rings. The number of anilines is 1. The summed E-state index contributed by atoms with van der Waals surface area (Å²) in [6.45, 7) is 1.60. The van der Waals surface area contributed by atoms with Crippen molar-refractivity contribution in [2.75, 3.05) is 19.0 Å². The second kappa shape index (κ2) is 9.86. The first-order valence-corrected chi connectivity index (χ1v) is 10.3. The molecule has 160 valence electrons. The van der Waals surface area contributed by atoms with Gasteiger partial charge in [0.1, 0.15) is 10.6 Å². The molecule has 0 bridgehead atoms. The molecular formula is C22H20N2O6S. The third-order valence-corrected chi connectivity index (χ3v) is 5.42. The minimum absolute atomic E-state index is 0.0151. The first-order chi connectivity index (χ1) is 14.9. The van der Waals surface area contributed by atoms with Gasteiger partial charge in [0.25, 0.3) is 5.91 Å². The van der Waals surface area contributed by atoms with Gasteiger partial charge < -0.3 is 14.8 Å². The number of nitro groups is 1. The number of carbonyl (C=O) groups is 2. The lowest BCUT2D eigenvalue weighted by molar-refractivity contribution is -0.385. The number of rotatable bonds is 8. The lowest BCUT2D eigenvalue weighted by Gasteiger charge is -2.09. The van der Waals surface area contributed by atoms with E-state index in [1.54, 1.807) is 11.4 Å². The molecule has 1 N–H and O–H groups in total. The van der Waals surface area contributed by atoms with Crippen LogP contribution in [0.2, 0.25) is 0 Å². The van der Waals surface area contributed by atoms with Gasteiger partial charge in [0, 0.05) is 17.0 Å². The molecule has 1 heterocycles. The van der Waals surface area contributed by atoms with Gasteiger partial charge in [-0.05, 0) is 23.6 Å². The quantitative estimate of drug-likeness (QED) is 0.309. The first kappa shape index (κ1) is 22.0. The number of aryl methyl sites for hydroxylation is 1. The maximum absolute atomic E-state index is 12.4. The molecule has 0 saturated heterocycles. The van der Waals surface area contributed by atoms with Crippen molar-refractivity contribution in [3.63, 3.8) is 0 Å². The van der Waals surface area contributed by atoms with Gasteiger partial charge in [0.05, 0.1) is 12.0 Å². The highest BCUT2D eigenvalue weighted by atomic mass is 32.1. The molecule has 0 aliphatic carbocycles. The van der Waals surface area contributed by atoms with E-state index in [-0.39, 0.29) is 17.0 Å². The summed E-state index contributed by atoms with van der Waals surface area (Å²) in [7, 11) is 1.27. The lowest BCUT2D eigenvalue weighted by Crippen LogP contribution is -2.21. The van der Waals surface area contributed by atoms with E-state index in [1.807, 2.05) is 24.3 Å². The number of esters is 1. The van der Waals surface area contributed by atoms with Gasteiger partial charge in [0.2, 0.25) is 0 Å². The second-order valence-electron chi connectivity index (χ2n) is 6.46. The topological polar surface area (TPSA) is 108 Å². The number of nitrogens with zero attached hydrogens (tertiary/aromatic N) is 1. The maximum atomic E-state index is 12.4. The molecule has 1 amide bonds. The number of nitro benzene ring substituents is 1. The van der Waals surface area contributed by atoms with Crippen LogP contribution < -0.4 is 10.1 Å². The van der Waals surface area contributed by atoms with Crippen molar-refractivity contribution < 1.29 is 24.0 Å². The van der Waals surface area contributed by atoms with Crippen LogP contribution in [0.1, 0.15) is 22.8 Å². The van der Waals surface area contributed by atoms with E-state index < -0.39 is 23.4 Å². The zero-order valence-corrected chi connectivity index (χ0v) is 17.7. The summed E-state index contributed by atoms with van der Waals surface area (Å²) in [5.41, 5.74) is 2.65. The predicted octanol–water partition coefficient (Wildman–Crippen LogP) is 4.69. The Kier molecular flexibility index (Phi) is 6.99. The number of amides is 1. The van der Waals surface area contributed by atoms with Gasteiger partial charge >= 0.3 is 11.7 Å². The van der Waals surface area contributed by atoms with Crippen LogP contribution in [0.3, 0.4) is 0 Å². The molecular weight excluding hydrogens is 420 g/mol. The summed E-state index contributed by atoms with van der Waals surface area (Å²) in [6.07, 6.45) is 0.897. The number of ether oxygens (including phenoxy) is 2. The third-order valence-electron chi connectivity index (χ3n) is 4.53. The Bertz CT molecular complexity index is 1110. The number of benzene rings is 2. The highest BCUT2D eigenvalue weighted by molar-refractivity contribution is 7.15. The van der Waals surface area contributed by atoms with Crippen LogP contribution in [0.4, 0.5) is 10.7 Å². The molecule has 0 aliphatic heterocycles. The normalized spacial score (nSPS) is 10.4. The lowest BCUT2D eigenvalue weighted by atomic mass is 10.0. The van der Waals surface area contributed by atoms with E-state index in [0.29, 0.717) is 10.6 Å². The molecule has 0 saturated carbocycles. The predicted molar refractivity (Wildman–Crippen MR) is 118 cm³/mol. The van der Waals surface area contributed by atoms with Gasteiger partial charge in [-0.1, -0.05) is 43.3 Å². The molecule has 0 spiro atoms. The Labute approximate surface area is 182 Å². The second-order valence-corrected chi connectivity index (χ2v) is 7.34. The summed E-state index contributed by atoms with van der Waals surface area (Å²) in [4.78, 5) is 35.3. The minimum Gasteiger partial charge on any atom is -0.477 e. The van der Waals surface area contributed by atoms with Crippen molar-refractivity contribution in [1.82, 2.24) is 0 Å². The zero-order valence-electron chi connectivity index (χ0n) is 16.9. The number of para-hydroxylation sites is 2. The molecule has 8 nitrogen and oxygen atoms in total. The van der Waals surface area contributed by atoms with Gasteiger partial charge in [-0.15, -0.1) is 11.3 Å². The summed E-state index contributed by atoms with van der Waals surface area (Å²) < 4.78 is 10.2. The van der Waals surface area contributed by atoms with Crippen LogP contribution in [0, 0.1) is 10.1 Å². The van der Waals surface area contributed by atoms with Crippen molar-refractivity contribution in [1.29, 1.82) is 0 Å². The number of hydrogen-bond acceptors (Lipinski definition) is 7. The molecule has 9 heteroatoms.